The Morgan fingerprint density at radius 2 is 2.00 bits per heavy atom. The van der Waals surface area contributed by atoms with Crippen LogP contribution in [0.4, 0.5) is 0 Å². The van der Waals surface area contributed by atoms with Crippen LogP contribution in [0.15, 0.2) is 46.9 Å². The van der Waals surface area contributed by atoms with Crippen molar-refractivity contribution < 1.29 is 5.11 Å². The highest BCUT2D eigenvalue weighted by atomic mass is 32.2. The molecule has 1 aliphatic carbocycles. The highest BCUT2D eigenvalue weighted by molar-refractivity contribution is 7.99. The van der Waals surface area contributed by atoms with E-state index in [1.807, 2.05) is 17.8 Å². The number of hydrogen-bond donors (Lipinski definition) is 1. The second kappa shape index (κ2) is 7.01. The van der Waals surface area contributed by atoms with Crippen molar-refractivity contribution in [3.63, 3.8) is 0 Å². The van der Waals surface area contributed by atoms with Gasteiger partial charge in [-0.25, -0.2) is 0 Å². The number of aliphatic hydroxyl groups excluding tert-OH is 1. The average Bonchev–Trinajstić information content (AvgIpc) is 2.46. The van der Waals surface area contributed by atoms with E-state index in [4.69, 9.17) is 0 Å². The molecule has 1 aromatic carbocycles. The predicted molar refractivity (Wildman–Crippen MR) is 78.9 cm³/mol. The van der Waals surface area contributed by atoms with E-state index >= 15 is 0 Å². The van der Waals surface area contributed by atoms with Gasteiger partial charge in [-0.15, -0.1) is 11.8 Å². The summed E-state index contributed by atoms with van der Waals surface area (Å²) in [7, 11) is 0. The molecule has 18 heavy (non-hydrogen) atoms. The molecule has 0 radical (unpaired) electrons. The highest BCUT2D eigenvalue weighted by Gasteiger charge is 2.19. The van der Waals surface area contributed by atoms with Gasteiger partial charge < -0.3 is 5.11 Å². The fraction of sp³-hybridized carbons (Fsp3) is 0.500. The molecule has 0 amide bonds. The molecule has 1 aromatic rings. The largest absolute Gasteiger partial charge is 0.388 e. The quantitative estimate of drug-likeness (QED) is 0.631. The summed E-state index contributed by atoms with van der Waals surface area (Å²) in [6.45, 7) is 2.15. The zero-order valence-corrected chi connectivity index (χ0v) is 11.8. The Balaban J connectivity index is 1.84. The van der Waals surface area contributed by atoms with Gasteiger partial charge >= 0.3 is 0 Å². The van der Waals surface area contributed by atoms with E-state index in [2.05, 4.69) is 37.3 Å². The first-order valence-corrected chi connectivity index (χ1v) is 7.81. The second-order valence-corrected chi connectivity index (χ2v) is 6.16. The maximum Gasteiger partial charge on any atom is 0.0783 e. The molecule has 0 heterocycles. The second-order valence-electron chi connectivity index (χ2n) is 5.07. The minimum Gasteiger partial charge on any atom is -0.388 e. The summed E-state index contributed by atoms with van der Waals surface area (Å²) in [6.07, 6.45) is 6.75. The van der Waals surface area contributed by atoms with Crippen LogP contribution < -0.4 is 0 Å². The average molecular weight is 262 g/mol. The lowest BCUT2D eigenvalue weighted by Crippen LogP contribution is -2.23. The van der Waals surface area contributed by atoms with Gasteiger partial charge in [0, 0.05) is 10.6 Å². The Hall–Kier alpha value is -0.730. The smallest absolute Gasteiger partial charge is 0.0783 e. The molecule has 1 aliphatic rings. The SMILES string of the molecule is C[C@H](CSc1ccccc1)[C@@H](O)C1=CCCCC1. The van der Waals surface area contributed by atoms with Gasteiger partial charge in [-0.1, -0.05) is 31.2 Å². The summed E-state index contributed by atoms with van der Waals surface area (Å²) < 4.78 is 0. The molecule has 2 rings (SSSR count). The van der Waals surface area contributed by atoms with Crippen LogP contribution in [-0.4, -0.2) is 17.0 Å². The zero-order chi connectivity index (χ0) is 12.8. The van der Waals surface area contributed by atoms with Crippen molar-refractivity contribution in [3.8, 4) is 0 Å². The molecule has 0 bridgehead atoms. The molecular weight excluding hydrogens is 240 g/mol. The Morgan fingerprint density at radius 3 is 2.67 bits per heavy atom. The molecule has 0 saturated carbocycles. The summed E-state index contributed by atoms with van der Waals surface area (Å²) in [5.74, 6) is 1.29. The van der Waals surface area contributed by atoms with Crippen molar-refractivity contribution in [1.29, 1.82) is 0 Å². The van der Waals surface area contributed by atoms with Gasteiger partial charge in [-0.3, -0.25) is 0 Å². The fourth-order valence-corrected chi connectivity index (χ4v) is 3.32. The number of thioether (sulfide) groups is 1. The predicted octanol–water partition coefficient (Wildman–Crippen LogP) is 4.28. The minimum absolute atomic E-state index is 0.249. The van der Waals surface area contributed by atoms with Gasteiger partial charge in [0.25, 0.3) is 0 Å². The Morgan fingerprint density at radius 1 is 1.22 bits per heavy atom. The van der Waals surface area contributed by atoms with Gasteiger partial charge in [0.15, 0.2) is 0 Å². The van der Waals surface area contributed by atoms with E-state index in [0.717, 1.165) is 18.6 Å². The summed E-state index contributed by atoms with van der Waals surface area (Å²) in [5, 5.41) is 10.3. The summed E-state index contributed by atoms with van der Waals surface area (Å²) in [6, 6.07) is 10.4. The number of hydrogen-bond acceptors (Lipinski definition) is 2. The molecule has 98 valence electrons. The number of rotatable bonds is 5. The fourth-order valence-electron chi connectivity index (χ4n) is 2.33. The van der Waals surface area contributed by atoms with Crippen molar-refractivity contribution >= 4 is 11.8 Å². The third-order valence-electron chi connectivity index (χ3n) is 3.50. The van der Waals surface area contributed by atoms with Crippen molar-refractivity contribution in [3.05, 3.63) is 42.0 Å². The standard InChI is InChI=1S/C16H22OS/c1-13(12-18-15-10-6-3-7-11-15)16(17)14-8-4-2-5-9-14/h3,6-8,10-11,13,16-17H,2,4-5,9,12H2,1H3/t13-,16-/m1/s1. The lowest BCUT2D eigenvalue weighted by atomic mass is 9.90. The lowest BCUT2D eigenvalue weighted by Gasteiger charge is -2.24. The van der Waals surface area contributed by atoms with E-state index < -0.39 is 0 Å². The maximum atomic E-state index is 10.3. The van der Waals surface area contributed by atoms with Crippen LogP contribution >= 0.6 is 11.8 Å². The van der Waals surface area contributed by atoms with Crippen molar-refractivity contribution in [2.75, 3.05) is 5.75 Å². The molecule has 1 N–H and O–H groups in total. The Kier molecular flexibility index (Phi) is 5.33. The van der Waals surface area contributed by atoms with Crippen LogP contribution in [0.5, 0.6) is 0 Å². The van der Waals surface area contributed by atoms with Crippen LogP contribution in [0.25, 0.3) is 0 Å². The molecule has 2 atom stereocenters. The number of benzene rings is 1. The van der Waals surface area contributed by atoms with Gasteiger partial charge in [-0.2, -0.15) is 0 Å². The molecule has 1 nitrogen and oxygen atoms in total. The van der Waals surface area contributed by atoms with Gasteiger partial charge in [0.05, 0.1) is 6.10 Å². The van der Waals surface area contributed by atoms with E-state index in [0.29, 0.717) is 5.92 Å². The normalized spacial score (nSPS) is 19.1. The third-order valence-corrected chi connectivity index (χ3v) is 4.80. The first-order valence-electron chi connectivity index (χ1n) is 6.82. The minimum atomic E-state index is -0.249. The zero-order valence-electron chi connectivity index (χ0n) is 11.0. The lowest BCUT2D eigenvalue weighted by molar-refractivity contribution is 0.156. The Bertz CT molecular complexity index is 385. The molecule has 2 heteroatoms. The van der Waals surface area contributed by atoms with Crippen LogP contribution in [0, 0.1) is 5.92 Å². The van der Waals surface area contributed by atoms with Gasteiger partial charge in [-0.05, 0) is 49.3 Å². The molecule has 0 spiro atoms. The molecule has 0 fully saturated rings. The van der Waals surface area contributed by atoms with Crippen LogP contribution in [0.3, 0.4) is 0 Å². The maximum absolute atomic E-state index is 10.3. The molecule has 0 unspecified atom stereocenters. The van der Waals surface area contributed by atoms with E-state index in [-0.39, 0.29) is 6.10 Å². The first kappa shape index (κ1) is 13.7. The Labute approximate surface area is 114 Å². The monoisotopic (exact) mass is 262 g/mol. The van der Waals surface area contributed by atoms with Crippen LogP contribution in [-0.2, 0) is 0 Å². The van der Waals surface area contributed by atoms with E-state index in [1.165, 1.54) is 23.3 Å². The van der Waals surface area contributed by atoms with Crippen molar-refractivity contribution in [2.24, 2.45) is 5.92 Å². The van der Waals surface area contributed by atoms with E-state index in [9.17, 15) is 5.11 Å². The number of aliphatic hydroxyl groups is 1. The van der Waals surface area contributed by atoms with Crippen molar-refractivity contribution in [1.82, 2.24) is 0 Å². The summed E-state index contributed by atoms with van der Waals surface area (Å²) in [4.78, 5) is 1.29. The molecule has 0 aliphatic heterocycles. The van der Waals surface area contributed by atoms with Crippen LogP contribution in [0.1, 0.15) is 32.6 Å². The van der Waals surface area contributed by atoms with Gasteiger partial charge in [0.2, 0.25) is 0 Å². The van der Waals surface area contributed by atoms with Gasteiger partial charge in [0.1, 0.15) is 0 Å². The highest BCUT2D eigenvalue weighted by Crippen LogP contribution is 2.28. The first-order chi connectivity index (χ1) is 8.77. The third kappa shape index (κ3) is 3.89. The molecular formula is C16H22OS. The summed E-state index contributed by atoms with van der Waals surface area (Å²) in [5.41, 5.74) is 1.27. The van der Waals surface area contributed by atoms with E-state index in [1.54, 1.807) is 0 Å². The van der Waals surface area contributed by atoms with Crippen LogP contribution in [0.2, 0.25) is 0 Å². The topological polar surface area (TPSA) is 20.2 Å². The summed E-state index contributed by atoms with van der Waals surface area (Å²) >= 11 is 1.83. The molecule has 0 saturated heterocycles. The molecule has 0 aromatic heterocycles. The van der Waals surface area contributed by atoms with Crippen molar-refractivity contribution in [2.45, 2.75) is 43.6 Å². The number of allylic oxidation sites excluding steroid dienone is 1.